The van der Waals surface area contributed by atoms with Crippen LogP contribution < -0.4 is 16.3 Å². The summed E-state index contributed by atoms with van der Waals surface area (Å²) in [6.45, 7) is 3.61. The molecule has 0 aliphatic rings. The first-order valence-electron chi connectivity index (χ1n) is 11.6. The average molecular weight is 496 g/mol. The molecule has 3 heterocycles. The van der Waals surface area contributed by atoms with Gasteiger partial charge in [-0.05, 0) is 55.8 Å². The topological polar surface area (TPSA) is 115 Å². The van der Waals surface area contributed by atoms with Gasteiger partial charge in [0, 0.05) is 43.3 Å². The minimum Gasteiger partial charge on any atom is -0.355 e. The summed E-state index contributed by atoms with van der Waals surface area (Å²) in [5.41, 5.74) is 4.86. The maximum Gasteiger partial charge on any atom is 0.350 e. The number of nitrogens with zero attached hydrogens (tertiary/aromatic N) is 5. The minimum absolute atomic E-state index is 0.210. The van der Waals surface area contributed by atoms with Crippen LogP contribution in [0, 0.1) is 13.8 Å². The summed E-state index contributed by atoms with van der Waals surface area (Å²) in [5.74, 6) is -0.0138. The van der Waals surface area contributed by atoms with Gasteiger partial charge in [0.25, 0.3) is 11.8 Å². The lowest BCUT2D eigenvalue weighted by Crippen LogP contribution is -2.21. The second kappa shape index (κ2) is 9.23. The highest BCUT2D eigenvalue weighted by Gasteiger charge is 2.17. The van der Waals surface area contributed by atoms with Crippen LogP contribution >= 0.6 is 0 Å². The Morgan fingerprint density at radius 1 is 0.919 bits per heavy atom. The predicted molar refractivity (Wildman–Crippen MR) is 140 cm³/mol. The van der Waals surface area contributed by atoms with Crippen molar-refractivity contribution < 1.29 is 9.59 Å². The van der Waals surface area contributed by atoms with Crippen LogP contribution in [0.5, 0.6) is 0 Å². The zero-order chi connectivity index (χ0) is 26.3. The first-order valence-corrected chi connectivity index (χ1v) is 11.6. The van der Waals surface area contributed by atoms with Crippen LogP contribution in [0.4, 0.5) is 5.69 Å². The van der Waals surface area contributed by atoms with Gasteiger partial charge in [0.05, 0.1) is 16.9 Å². The van der Waals surface area contributed by atoms with Crippen LogP contribution in [0.1, 0.15) is 32.4 Å². The van der Waals surface area contributed by atoms with Crippen molar-refractivity contribution in [2.75, 3.05) is 12.4 Å². The fraction of sp³-hybridized carbons (Fsp3) is 0.148. The highest BCUT2D eigenvalue weighted by molar-refractivity contribution is 6.08. The second-order valence-electron chi connectivity index (χ2n) is 8.70. The summed E-state index contributed by atoms with van der Waals surface area (Å²) >= 11 is 0. The van der Waals surface area contributed by atoms with Crippen molar-refractivity contribution in [2.45, 2.75) is 13.8 Å². The van der Waals surface area contributed by atoms with Crippen LogP contribution in [0.2, 0.25) is 0 Å². The van der Waals surface area contributed by atoms with E-state index in [1.165, 1.54) is 4.68 Å². The number of anilines is 1. The maximum absolute atomic E-state index is 13.2. The van der Waals surface area contributed by atoms with Crippen LogP contribution in [0.3, 0.4) is 0 Å². The predicted octanol–water partition coefficient (Wildman–Crippen LogP) is 3.11. The summed E-state index contributed by atoms with van der Waals surface area (Å²) < 4.78 is 4.73. The van der Waals surface area contributed by atoms with Crippen LogP contribution in [-0.2, 0) is 7.05 Å². The van der Waals surface area contributed by atoms with Gasteiger partial charge in [-0.25, -0.2) is 19.0 Å². The van der Waals surface area contributed by atoms with Gasteiger partial charge >= 0.3 is 5.69 Å². The fourth-order valence-electron chi connectivity index (χ4n) is 4.33. The Kier molecular flexibility index (Phi) is 5.92. The SMILES string of the molecule is CNC(=O)c1cccc(NC(=O)c2nc(C)cn3cc(-c4ccc(-n5c(C)nn(C)c5=O)cc4)cc23)c1. The fourth-order valence-corrected chi connectivity index (χ4v) is 4.33. The molecule has 0 atom stereocenters. The van der Waals surface area contributed by atoms with Gasteiger partial charge in [-0.1, -0.05) is 18.2 Å². The lowest BCUT2D eigenvalue weighted by atomic mass is 10.1. The van der Waals surface area contributed by atoms with Gasteiger partial charge in [-0.2, -0.15) is 5.10 Å². The van der Waals surface area contributed by atoms with E-state index in [0.29, 0.717) is 28.3 Å². The van der Waals surface area contributed by atoms with E-state index in [1.807, 2.05) is 54.0 Å². The number of hydrogen-bond acceptors (Lipinski definition) is 5. The number of carbonyl (C=O) groups is 2. The molecule has 10 heteroatoms. The molecule has 0 unspecified atom stereocenters. The number of aromatic nitrogens is 5. The van der Waals surface area contributed by atoms with Crippen molar-refractivity contribution in [1.29, 1.82) is 0 Å². The third-order valence-corrected chi connectivity index (χ3v) is 6.08. The van der Waals surface area contributed by atoms with Gasteiger partial charge < -0.3 is 15.0 Å². The molecule has 0 saturated heterocycles. The molecule has 186 valence electrons. The van der Waals surface area contributed by atoms with E-state index in [2.05, 4.69) is 20.7 Å². The highest BCUT2D eigenvalue weighted by Crippen LogP contribution is 2.26. The van der Waals surface area contributed by atoms with Crippen molar-refractivity contribution in [1.82, 2.24) is 29.0 Å². The molecule has 0 aliphatic carbocycles. The molecule has 2 aromatic carbocycles. The highest BCUT2D eigenvalue weighted by atomic mass is 16.2. The van der Waals surface area contributed by atoms with Gasteiger partial charge in [0.1, 0.15) is 5.82 Å². The first-order chi connectivity index (χ1) is 17.7. The summed E-state index contributed by atoms with van der Waals surface area (Å²) in [5, 5.41) is 9.60. The molecule has 0 bridgehead atoms. The Balaban J connectivity index is 1.48. The molecule has 37 heavy (non-hydrogen) atoms. The number of benzene rings is 2. The third kappa shape index (κ3) is 4.40. The Morgan fingerprint density at radius 2 is 1.68 bits per heavy atom. The number of hydrogen-bond donors (Lipinski definition) is 2. The van der Waals surface area contributed by atoms with Crippen molar-refractivity contribution in [3.8, 4) is 16.8 Å². The standard InChI is InChI=1S/C27H25N7O3/c1-16-14-33-15-20(18-8-10-22(11-9-18)34-17(2)31-32(4)27(34)37)13-23(33)24(29-16)26(36)30-21-7-5-6-19(12-21)25(35)28-3/h5-15H,1-4H3,(H,28,35)(H,30,36). The largest absolute Gasteiger partial charge is 0.355 e. The maximum atomic E-state index is 13.2. The molecule has 0 fully saturated rings. The number of amides is 2. The van der Waals surface area contributed by atoms with Crippen molar-refractivity contribution >= 4 is 23.0 Å². The molecule has 0 spiro atoms. The van der Waals surface area contributed by atoms with Crippen molar-refractivity contribution in [2.24, 2.45) is 7.05 Å². The summed E-state index contributed by atoms with van der Waals surface area (Å²) in [6, 6.07) is 16.2. The normalized spacial score (nSPS) is 11.0. The van der Waals surface area contributed by atoms with Gasteiger partial charge in [0.15, 0.2) is 5.69 Å². The van der Waals surface area contributed by atoms with E-state index >= 15 is 0 Å². The summed E-state index contributed by atoms with van der Waals surface area (Å²) in [7, 11) is 3.17. The molecule has 10 nitrogen and oxygen atoms in total. The van der Waals surface area contributed by atoms with Crippen molar-refractivity contribution in [3.63, 3.8) is 0 Å². The Bertz CT molecular complexity index is 1730. The number of fused-ring (bicyclic) bond motifs is 1. The second-order valence-corrected chi connectivity index (χ2v) is 8.70. The zero-order valence-electron chi connectivity index (χ0n) is 20.8. The molecule has 5 rings (SSSR count). The molecular formula is C27H25N7O3. The smallest absolute Gasteiger partial charge is 0.350 e. The van der Waals surface area contributed by atoms with E-state index < -0.39 is 0 Å². The molecule has 3 aromatic heterocycles. The van der Waals surface area contributed by atoms with E-state index in [-0.39, 0.29) is 23.2 Å². The molecule has 0 radical (unpaired) electrons. The quantitative estimate of drug-likeness (QED) is 0.389. The van der Waals surface area contributed by atoms with E-state index in [0.717, 1.165) is 16.8 Å². The molecular weight excluding hydrogens is 470 g/mol. The summed E-state index contributed by atoms with van der Waals surface area (Å²) in [4.78, 5) is 42.1. The molecule has 2 amide bonds. The van der Waals surface area contributed by atoms with Crippen LogP contribution in [0.15, 0.2) is 71.8 Å². The minimum atomic E-state index is -0.380. The van der Waals surface area contributed by atoms with E-state index in [4.69, 9.17) is 0 Å². The lowest BCUT2D eigenvalue weighted by molar-refractivity contribution is 0.0961. The van der Waals surface area contributed by atoms with E-state index in [9.17, 15) is 14.4 Å². The van der Waals surface area contributed by atoms with Gasteiger partial charge in [-0.15, -0.1) is 0 Å². The van der Waals surface area contributed by atoms with E-state index in [1.54, 1.807) is 49.9 Å². The molecule has 0 saturated carbocycles. The lowest BCUT2D eigenvalue weighted by Gasteiger charge is -2.09. The molecule has 0 aliphatic heterocycles. The van der Waals surface area contributed by atoms with Crippen molar-refractivity contribution in [3.05, 3.63) is 100 Å². The molecule has 2 N–H and O–H groups in total. The number of rotatable bonds is 5. The van der Waals surface area contributed by atoms with Gasteiger partial charge in [0.2, 0.25) is 0 Å². The monoisotopic (exact) mass is 495 g/mol. The summed E-state index contributed by atoms with van der Waals surface area (Å²) in [6.07, 6.45) is 3.79. The number of aryl methyl sites for hydroxylation is 3. The number of nitrogens with one attached hydrogen (secondary N) is 2. The third-order valence-electron chi connectivity index (χ3n) is 6.08. The van der Waals surface area contributed by atoms with Crippen LogP contribution in [0.25, 0.3) is 22.3 Å². The Morgan fingerprint density at radius 3 is 2.35 bits per heavy atom. The zero-order valence-corrected chi connectivity index (χ0v) is 20.8. The first kappa shape index (κ1) is 23.7. The Hall–Kier alpha value is -4.99. The van der Waals surface area contributed by atoms with Gasteiger partial charge in [-0.3, -0.25) is 9.59 Å². The average Bonchev–Trinajstić information content (AvgIpc) is 3.42. The Labute approximate surface area is 212 Å². The van der Waals surface area contributed by atoms with Crippen LogP contribution in [-0.4, -0.2) is 42.6 Å². The number of carbonyl (C=O) groups excluding carboxylic acids is 2. The molecule has 5 aromatic rings.